The average Bonchev–Trinajstić information content (AvgIpc) is 2.07. The molecule has 1 aromatic heterocycles. The highest BCUT2D eigenvalue weighted by molar-refractivity contribution is 5.52. The summed E-state index contributed by atoms with van der Waals surface area (Å²) in [5.41, 5.74) is 0.887. The van der Waals surface area contributed by atoms with E-state index in [2.05, 4.69) is 10.1 Å². The Morgan fingerprint density at radius 3 is 3.18 bits per heavy atom. The molecule has 0 unspecified atom stereocenters. The van der Waals surface area contributed by atoms with Crippen molar-refractivity contribution in [2.24, 2.45) is 5.16 Å². The van der Waals surface area contributed by atoms with Crippen molar-refractivity contribution < 1.29 is 4.84 Å². The second-order valence-corrected chi connectivity index (χ2v) is 1.96. The van der Waals surface area contributed by atoms with Crippen LogP contribution in [0.4, 0.5) is 0 Å². The Morgan fingerprint density at radius 1 is 1.64 bits per heavy atom. The van der Waals surface area contributed by atoms with Crippen LogP contribution in [-0.2, 0) is 11.4 Å². The maximum absolute atomic E-state index is 4.88. The fraction of sp³-hybridized carbons (Fsp3) is 0.250. The van der Waals surface area contributed by atoms with E-state index in [1.54, 1.807) is 19.3 Å². The number of pyridine rings is 1. The highest BCUT2D eigenvalue weighted by atomic mass is 16.6. The van der Waals surface area contributed by atoms with Gasteiger partial charge in [0, 0.05) is 12.4 Å². The smallest absolute Gasteiger partial charge is 0.159 e. The van der Waals surface area contributed by atoms with Gasteiger partial charge in [0.05, 0.1) is 5.69 Å². The summed E-state index contributed by atoms with van der Waals surface area (Å²) < 4.78 is 0. The number of oxime groups is 1. The minimum atomic E-state index is 0.436. The second kappa shape index (κ2) is 4.44. The van der Waals surface area contributed by atoms with E-state index in [4.69, 9.17) is 4.84 Å². The molecule has 0 spiro atoms. The lowest BCUT2D eigenvalue weighted by atomic mass is 10.4. The molecule has 0 amide bonds. The van der Waals surface area contributed by atoms with Crippen LogP contribution < -0.4 is 0 Å². The Labute approximate surface area is 65.7 Å². The summed E-state index contributed by atoms with van der Waals surface area (Å²) in [6, 6.07) is 5.68. The number of aromatic nitrogens is 1. The van der Waals surface area contributed by atoms with Gasteiger partial charge in [0.2, 0.25) is 0 Å². The van der Waals surface area contributed by atoms with E-state index in [1.807, 2.05) is 18.2 Å². The molecule has 0 fully saturated rings. The molecule has 3 heteroatoms. The molecule has 1 aromatic rings. The third-order valence-corrected chi connectivity index (χ3v) is 1.12. The molecule has 1 heterocycles. The summed E-state index contributed by atoms with van der Waals surface area (Å²) in [6.07, 6.45) is 3.33. The zero-order valence-electron chi connectivity index (χ0n) is 6.40. The fourth-order valence-electron chi connectivity index (χ4n) is 0.661. The third-order valence-electron chi connectivity index (χ3n) is 1.12. The summed E-state index contributed by atoms with van der Waals surface area (Å²) in [6.45, 7) is 2.24. The summed E-state index contributed by atoms with van der Waals surface area (Å²) in [5.74, 6) is 0. The molecule has 1 rings (SSSR count). The summed E-state index contributed by atoms with van der Waals surface area (Å²) >= 11 is 0. The van der Waals surface area contributed by atoms with Crippen molar-refractivity contribution in [1.29, 1.82) is 0 Å². The molecule has 3 nitrogen and oxygen atoms in total. The molecule has 0 aromatic carbocycles. The SMILES string of the molecule is C/C=N/OCc1ccccn1. The van der Waals surface area contributed by atoms with Crippen LogP contribution in [0.3, 0.4) is 0 Å². The van der Waals surface area contributed by atoms with Gasteiger partial charge >= 0.3 is 0 Å². The molecule has 11 heavy (non-hydrogen) atoms. The van der Waals surface area contributed by atoms with Crippen molar-refractivity contribution in [3.8, 4) is 0 Å². The minimum absolute atomic E-state index is 0.436. The normalized spacial score (nSPS) is 10.3. The molecule has 0 aliphatic rings. The lowest BCUT2D eigenvalue weighted by molar-refractivity contribution is 0.129. The lowest BCUT2D eigenvalue weighted by Gasteiger charge is -1.96. The molecule has 0 radical (unpaired) electrons. The van der Waals surface area contributed by atoms with Crippen LogP contribution in [0, 0.1) is 0 Å². The maximum atomic E-state index is 4.88. The summed E-state index contributed by atoms with van der Waals surface area (Å²) in [7, 11) is 0. The van der Waals surface area contributed by atoms with Crippen molar-refractivity contribution in [1.82, 2.24) is 4.98 Å². The van der Waals surface area contributed by atoms with Crippen LogP contribution in [0.15, 0.2) is 29.6 Å². The van der Waals surface area contributed by atoms with Crippen LogP contribution in [0.2, 0.25) is 0 Å². The molecule has 0 N–H and O–H groups in total. The van der Waals surface area contributed by atoms with E-state index in [9.17, 15) is 0 Å². The number of hydrogen-bond acceptors (Lipinski definition) is 3. The van der Waals surface area contributed by atoms with Gasteiger partial charge in [-0.1, -0.05) is 11.2 Å². The largest absolute Gasteiger partial charge is 0.390 e. The molecule has 0 aliphatic heterocycles. The number of nitrogens with zero attached hydrogens (tertiary/aromatic N) is 2. The summed E-state index contributed by atoms with van der Waals surface area (Å²) in [5, 5.41) is 3.60. The minimum Gasteiger partial charge on any atom is -0.390 e. The van der Waals surface area contributed by atoms with Gasteiger partial charge in [0.25, 0.3) is 0 Å². The monoisotopic (exact) mass is 150 g/mol. The van der Waals surface area contributed by atoms with Crippen LogP contribution >= 0.6 is 0 Å². The van der Waals surface area contributed by atoms with Crippen molar-refractivity contribution in [2.45, 2.75) is 13.5 Å². The average molecular weight is 150 g/mol. The number of rotatable bonds is 3. The molecule has 0 saturated heterocycles. The molecule has 0 bridgehead atoms. The van der Waals surface area contributed by atoms with Gasteiger partial charge < -0.3 is 4.84 Å². The zero-order valence-corrected chi connectivity index (χ0v) is 6.40. The van der Waals surface area contributed by atoms with Crippen molar-refractivity contribution >= 4 is 6.21 Å². The van der Waals surface area contributed by atoms with E-state index in [-0.39, 0.29) is 0 Å². The highest BCUT2D eigenvalue weighted by Crippen LogP contribution is 1.95. The lowest BCUT2D eigenvalue weighted by Crippen LogP contribution is -1.89. The number of hydrogen-bond donors (Lipinski definition) is 0. The van der Waals surface area contributed by atoms with Gasteiger partial charge in [0.1, 0.15) is 0 Å². The van der Waals surface area contributed by atoms with Crippen LogP contribution in [-0.4, -0.2) is 11.2 Å². The van der Waals surface area contributed by atoms with Crippen molar-refractivity contribution in [3.63, 3.8) is 0 Å². The Hall–Kier alpha value is -1.38. The van der Waals surface area contributed by atoms with E-state index >= 15 is 0 Å². The van der Waals surface area contributed by atoms with Crippen LogP contribution in [0.5, 0.6) is 0 Å². The first kappa shape index (κ1) is 7.72. The topological polar surface area (TPSA) is 34.5 Å². The second-order valence-electron chi connectivity index (χ2n) is 1.96. The van der Waals surface area contributed by atoms with Gasteiger partial charge in [-0.2, -0.15) is 0 Å². The molecule has 0 aliphatic carbocycles. The van der Waals surface area contributed by atoms with Crippen molar-refractivity contribution in [2.75, 3.05) is 0 Å². The standard InChI is InChI=1S/C8H10N2O/c1-2-10-11-7-8-5-3-4-6-9-8/h2-6H,7H2,1H3/b10-2+. The zero-order chi connectivity index (χ0) is 7.94. The van der Waals surface area contributed by atoms with Crippen LogP contribution in [0.1, 0.15) is 12.6 Å². The Balaban J connectivity index is 2.39. The maximum Gasteiger partial charge on any atom is 0.159 e. The van der Waals surface area contributed by atoms with E-state index in [1.165, 1.54) is 0 Å². The first-order chi connectivity index (χ1) is 5.43. The van der Waals surface area contributed by atoms with Gasteiger partial charge in [0.15, 0.2) is 6.61 Å². The molecule has 0 saturated carbocycles. The van der Waals surface area contributed by atoms with Gasteiger partial charge in [-0.25, -0.2) is 0 Å². The first-order valence-electron chi connectivity index (χ1n) is 3.43. The molecule has 0 atom stereocenters. The third kappa shape index (κ3) is 2.80. The molecular formula is C8H10N2O. The quantitative estimate of drug-likeness (QED) is 0.484. The van der Waals surface area contributed by atoms with Gasteiger partial charge in [-0.15, -0.1) is 0 Å². The van der Waals surface area contributed by atoms with Crippen LogP contribution in [0.25, 0.3) is 0 Å². The van der Waals surface area contributed by atoms with Gasteiger partial charge in [-0.05, 0) is 19.1 Å². The molecular weight excluding hydrogens is 140 g/mol. The predicted octanol–water partition coefficient (Wildman–Crippen LogP) is 1.60. The fourth-order valence-corrected chi connectivity index (χ4v) is 0.661. The first-order valence-corrected chi connectivity index (χ1v) is 3.43. The van der Waals surface area contributed by atoms with Crippen molar-refractivity contribution in [3.05, 3.63) is 30.1 Å². The van der Waals surface area contributed by atoms with E-state index in [0.29, 0.717) is 6.61 Å². The Bertz CT molecular complexity index is 221. The van der Waals surface area contributed by atoms with E-state index < -0.39 is 0 Å². The predicted molar refractivity (Wildman–Crippen MR) is 43.2 cm³/mol. The van der Waals surface area contributed by atoms with Gasteiger partial charge in [-0.3, -0.25) is 4.98 Å². The Morgan fingerprint density at radius 2 is 2.55 bits per heavy atom. The highest BCUT2D eigenvalue weighted by Gasteiger charge is 1.89. The summed E-state index contributed by atoms with van der Waals surface area (Å²) in [4.78, 5) is 8.93. The molecule has 58 valence electrons. The van der Waals surface area contributed by atoms with E-state index in [0.717, 1.165) is 5.69 Å². The Kier molecular flexibility index (Phi) is 3.12.